The SMILES string of the molecule is [N-]=[N+]=N[C@]1(COP(=O)(N[C@@H](Cc2ccccc2)C(=O)OCc2ccccc2)Oc2ccccc2)O[C@@H](n2ccc(=O)[nH]c2=O)[C@H](O)[C@@H]1O. The molecule has 1 aromatic heterocycles. The third-order valence-corrected chi connectivity index (χ3v) is 8.81. The van der Waals surface area contributed by atoms with Crippen molar-refractivity contribution in [1.82, 2.24) is 14.6 Å². The number of ether oxygens (including phenoxy) is 2. The molecular weight excluding hydrogens is 647 g/mol. The molecule has 0 radical (unpaired) electrons. The van der Waals surface area contributed by atoms with Gasteiger partial charge in [0.15, 0.2) is 6.23 Å². The zero-order valence-corrected chi connectivity index (χ0v) is 26.0. The zero-order chi connectivity index (χ0) is 34.1. The number of azide groups is 1. The van der Waals surface area contributed by atoms with Gasteiger partial charge in [0, 0.05) is 17.2 Å². The number of nitrogens with zero attached hydrogens (tertiary/aromatic N) is 4. The molecule has 1 aliphatic rings. The van der Waals surface area contributed by atoms with Gasteiger partial charge in [0.25, 0.3) is 5.56 Å². The second kappa shape index (κ2) is 15.2. The van der Waals surface area contributed by atoms with Crippen LogP contribution in [0.5, 0.6) is 5.75 Å². The number of hydrogen-bond donors (Lipinski definition) is 4. The van der Waals surface area contributed by atoms with Crippen molar-refractivity contribution in [3.05, 3.63) is 146 Å². The van der Waals surface area contributed by atoms with E-state index in [0.717, 1.165) is 16.8 Å². The van der Waals surface area contributed by atoms with Crippen LogP contribution in [0.3, 0.4) is 0 Å². The molecule has 0 aliphatic carbocycles. The molecule has 3 aromatic carbocycles. The van der Waals surface area contributed by atoms with E-state index in [1.807, 2.05) is 11.1 Å². The lowest BCUT2D eigenvalue weighted by atomic mass is 10.1. The third-order valence-electron chi connectivity index (χ3n) is 7.26. The largest absolute Gasteiger partial charge is 0.460 e. The summed E-state index contributed by atoms with van der Waals surface area (Å²) in [4.78, 5) is 42.2. The Morgan fingerprint density at radius 3 is 2.27 bits per heavy atom. The minimum atomic E-state index is -4.68. The fraction of sp³-hybridized carbons (Fsp3) is 0.258. The molecule has 1 unspecified atom stereocenters. The predicted molar refractivity (Wildman–Crippen MR) is 169 cm³/mol. The molecule has 250 valence electrons. The van der Waals surface area contributed by atoms with Crippen LogP contribution < -0.4 is 20.9 Å². The summed E-state index contributed by atoms with van der Waals surface area (Å²) in [7, 11) is -4.68. The molecule has 6 atom stereocenters. The lowest BCUT2D eigenvalue weighted by Crippen LogP contribution is -2.46. The average molecular weight is 679 g/mol. The maximum absolute atomic E-state index is 14.5. The van der Waals surface area contributed by atoms with E-state index in [-0.39, 0.29) is 18.8 Å². The summed E-state index contributed by atoms with van der Waals surface area (Å²) in [5.74, 6) is -0.731. The maximum atomic E-state index is 14.5. The van der Waals surface area contributed by atoms with Crippen molar-refractivity contribution in [3.63, 3.8) is 0 Å². The number of carbonyl (C=O) groups is 1. The van der Waals surface area contributed by atoms with Gasteiger partial charge < -0.3 is 24.2 Å². The number of aromatic amines is 1. The summed E-state index contributed by atoms with van der Waals surface area (Å²) in [5, 5.41) is 28.0. The predicted octanol–water partition coefficient (Wildman–Crippen LogP) is 2.94. The minimum absolute atomic E-state index is 0.0174. The van der Waals surface area contributed by atoms with E-state index in [2.05, 4.69) is 15.1 Å². The van der Waals surface area contributed by atoms with Crippen molar-refractivity contribution in [3.8, 4) is 5.75 Å². The Labute approximate surface area is 272 Å². The Morgan fingerprint density at radius 2 is 1.65 bits per heavy atom. The van der Waals surface area contributed by atoms with Gasteiger partial charge in [-0.1, -0.05) is 84.0 Å². The average Bonchev–Trinajstić information content (AvgIpc) is 3.33. The second-order valence-corrected chi connectivity index (χ2v) is 12.3. The number of hydrogen-bond acceptors (Lipinski definition) is 11. The Morgan fingerprint density at radius 1 is 1.02 bits per heavy atom. The zero-order valence-electron chi connectivity index (χ0n) is 25.1. The van der Waals surface area contributed by atoms with E-state index in [1.54, 1.807) is 72.8 Å². The van der Waals surface area contributed by atoms with Crippen molar-refractivity contribution in [2.45, 2.75) is 43.2 Å². The van der Waals surface area contributed by atoms with Gasteiger partial charge >= 0.3 is 19.4 Å². The number of esters is 1. The van der Waals surface area contributed by atoms with Crippen LogP contribution in [-0.2, 0) is 36.4 Å². The van der Waals surface area contributed by atoms with Crippen LogP contribution in [0.25, 0.3) is 10.4 Å². The molecule has 4 aromatic rings. The van der Waals surface area contributed by atoms with Gasteiger partial charge in [0.2, 0.25) is 5.72 Å². The Hall–Kier alpha value is -5.05. The lowest BCUT2D eigenvalue weighted by molar-refractivity contribution is -0.147. The van der Waals surface area contributed by atoms with Crippen molar-refractivity contribution >= 4 is 13.7 Å². The van der Waals surface area contributed by atoms with Crippen LogP contribution in [0.15, 0.2) is 118 Å². The topological polar surface area (TPSA) is 227 Å². The quantitative estimate of drug-likeness (QED) is 0.0498. The molecule has 16 nitrogen and oxygen atoms in total. The summed E-state index contributed by atoms with van der Waals surface area (Å²) in [6.45, 7) is -1.08. The smallest absolute Gasteiger partial charge is 0.459 e. The number of H-pyrrole nitrogens is 1. The van der Waals surface area contributed by atoms with E-state index in [4.69, 9.17) is 18.5 Å². The highest BCUT2D eigenvalue weighted by Gasteiger charge is 2.56. The molecule has 1 saturated heterocycles. The summed E-state index contributed by atoms with van der Waals surface area (Å²) in [5.41, 5.74) is 6.58. The van der Waals surface area contributed by atoms with Gasteiger partial charge in [-0.25, -0.2) is 9.36 Å². The third kappa shape index (κ3) is 8.26. The van der Waals surface area contributed by atoms with Crippen LogP contribution >= 0.6 is 7.75 Å². The molecule has 4 N–H and O–H groups in total. The standard InChI is InChI=1S/C31H31N6O10P/c32-36-35-31(27(40)26(39)28(46-31)37-17-16-25(38)33-30(37)42)20-45-48(43,47-23-14-8-3-9-15-23)34-24(18-21-10-4-1-5-11-21)29(41)44-19-22-12-6-2-7-13-22/h1-17,24,26-28,39-40H,18-20H2,(H,34,43)(H,33,38,42)/t24-,26+,27-,28+,31+,48?/m0/s1. The van der Waals surface area contributed by atoms with E-state index in [9.17, 15) is 34.7 Å². The number of aliphatic hydroxyl groups is 2. The number of rotatable bonds is 14. The Balaban J connectivity index is 1.45. The van der Waals surface area contributed by atoms with Crippen LogP contribution in [0, 0.1) is 0 Å². The molecular formula is C31H31N6O10P. The fourth-order valence-corrected chi connectivity index (χ4v) is 6.38. The highest BCUT2D eigenvalue weighted by molar-refractivity contribution is 7.52. The molecule has 0 spiro atoms. The first-order valence-electron chi connectivity index (χ1n) is 14.5. The normalized spacial score (nSPS) is 22.2. The summed E-state index contributed by atoms with van der Waals surface area (Å²) in [6, 6.07) is 25.2. The Kier molecular flexibility index (Phi) is 10.9. The van der Waals surface area contributed by atoms with Gasteiger partial charge in [-0.3, -0.25) is 23.7 Å². The van der Waals surface area contributed by atoms with Crippen LogP contribution in [0.4, 0.5) is 0 Å². The molecule has 48 heavy (non-hydrogen) atoms. The molecule has 0 saturated carbocycles. The van der Waals surface area contributed by atoms with Gasteiger partial charge in [-0.05, 0) is 35.2 Å². The van der Waals surface area contributed by atoms with Crippen LogP contribution in [0.1, 0.15) is 17.4 Å². The summed E-state index contributed by atoms with van der Waals surface area (Å²) < 4.78 is 38.0. The molecule has 0 amide bonds. The molecule has 17 heteroatoms. The van der Waals surface area contributed by atoms with Crippen LogP contribution in [-0.4, -0.2) is 56.3 Å². The number of aliphatic hydroxyl groups excluding tert-OH is 2. The van der Waals surface area contributed by atoms with E-state index in [1.165, 1.54) is 12.1 Å². The van der Waals surface area contributed by atoms with Gasteiger partial charge in [-0.15, -0.1) is 0 Å². The highest BCUT2D eigenvalue weighted by atomic mass is 31.2. The monoisotopic (exact) mass is 678 g/mol. The van der Waals surface area contributed by atoms with Crippen LogP contribution in [0.2, 0.25) is 0 Å². The number of aromatic nitrogens is 2. The first-order chi connectivity index (χ1) is 23.1. The maximum Gasteiger partial charge on any atom is 0.459 e. The molecule has 0 bridgehead atoms. The fourth-order valence-electron chi connectivity index (χ4n) is 4.87. The Bertz CT molecular complexity index is 1910. The minimum Gasteiger partial charge on any atom is -0.460 e. The van der Waals surface area contributed by atoms with E-state index < -0.39 is 61.8 Å². The lowest BCUT2D eigenvalue weighted by Gasteiger charge is -2.30. The number of para-hydroxylation sites is 1. The van der Waals surface area contributed by atoms with Crippen molar-refractivity contribution in [1.29, 1.82) is 0 Å². The second-order valence-electron chi connectivity index (χ2n) is 10.6. The number of benzene rings is 3. The summed E-state index contributed by atoms with van der Waals surface area (Å²) >= 11 is 0. The van der Waals surface area contributed by atoms with Gasteiger partial charge in [-0.2, -0.15) is 5.09 Å². The van der Waals surface area contributed by atoms with Crippen molar-refractivity contribution in [2.24, 2.45) is 5.11 Å². The first kappa shape index (κ1) is 34.3. The van der Waals surface area contributed by atoms with Crippen molar-refractivity contribution in [2.75, 3.05) is 6.61 Å². The van der Waals surface area contributed by atoms with Gasteiger partial charge in [0.05, 0.1) is 6.61 Å². The molecule has 1 aliphatic heterocycles. The number of carbonyl (C=O) groups excluding carboxylic acids is 1. The summed E-state index contributed by atoms with van der Waals surface area (Å²) in [6.07, 6.45) is -4.59. The van der Waals surface area contributed by atoms with E-state index >= 15 is 0 Å². The molecule has 1 fully saturated rings. The highest BCUT2D eigenvalue weighted by Crippen LogP contribution is 2.48. The van der Waals surface area contributed by atoms with Crippen molar-refractivity contribution < 1.29 is 38.1 Å². The van der Waals surface area contributed by atoms with E-state index in [0.29, 0.717) is 11.1 Å². The molecule has 2 heterocycles. The van der Waals surface area contributed by atoms with Gasteiger partial charge in [0.1, 0.15) is 30.6 Å². The molecule has 5 rings (SSSR count). The first-order valence-corrected chi connectivity index (χ1v) is 16.1. The number of nitrogens with one attached hydrogen (secondary N) is 2.